The molecular formula is C18H12N2O3. The lowest BCUT2D eigenvalue weighted by Gasteiger charge is -2.21. The molecule has 0 atom stereocenters. The fraction of sp³-hybridized carbons (Fsp3) is 0.111. The lowest BCUT2D eigenvalue weighted by atomic mass is 9.82. The minimum absolute atomic E-state index is 0.194. The molecule has 23 heavy (non-hydrogen) atoms. The molecule has 0 fully saturated rings. The highest BCUT2D eigenvalue weighted by Gasteiger charge is 2.32. The highest BCUT2D eigenvalue weighted by atomic mass is 16.2. The van der Waals surface area contributed by atoms with Crippen LogP contribution in [0.5, 0.6) is 0 Å². The fourth-order valence-electron chi connectivity index (χ4n) is 2.71. The van der Waals surface area contributed by atoms with Crippen molar-refractivity contribution in [2.24, 2.45) is 0 Å². The van der Waals surface area contributed by atoms with Gasteiger partial charge in [-0.15, -0.1) is 0 Å². The van der Waals surface area contributed by atoms with Gasteiger partial charge in [0.05, 0.1) is 17.3 Å². The van der Waals surface area contributed by atoms with Crippen molar-refractivity contribution in [2.45, 2.75) is 13.3 Å². The van der Waals surface area contributed by atoms with E-state index in [0.717, 1.165) is 0 Å². The smallest absolute Gasteiger partial charge is 0.238 e. The molecule has 0 saturated heterocycles. The molecule has 0 heterocycles. The molecule has 2 aromatic rings. The van der Waals surface area contributed by atoms with Crippen molar-refractivity contribution in [2.75, 3.05) is 5.32 Å². The average Bonchev–Trinajstić information content (AvgIpc) is 2.55. The summed E-state index contributed by atoms with van der Waals surface area (Å²) in [5, 5.41) is 11.2. The van der Waals surface area contributed by atoms with E-state index in [2.05, 4.69) is 5.32 Å². The van der Waals surface area contributed by atoms with Crippen molar-refractivity contribution in [3.8, 4) is 6.07 Å². The van der Waals surface area contributed by atoms with Crippen molar-refractivity contribution >= 4 is 23.2 Å². The molecule has 0 saturated carbocycles. The van der Waals surface area contributed by atoms with Crippen molar-refractivity contribution in [3.63, 3.8) is 0 Å². The number of fused-ring (bicyclic) bond motifs is 2. The van der Waals surface area contributed by atoms with Gasteiger partial charge < -0.3 is 5.32 Å². The quantitative estimate of drug-likeness (QED) is 0.788. The largest absolute Gasteiger partial charge is 0.324 e. The maximum absolute atomic E-state index is 12.8. The van der Waals surface area contributed by atoms with Gasteiger partial charge in [-0.3, -0.25) is 14.4 Å². The molecule has 1 aliphatic carbocycles. The Kier molecular flexibility index (Phi) is 3.51. The van der Waals surface area contributed by atoms with Crippen LogP contribution in [0, 0.1) is 18.3 Å². The van der Waals surface area contributed by atoms with Crippen molar-refractivity contribution in [3.05, 3.63) is 64.2 Å². The van der Waals surface area contributed by atoms with Crippen LogP contribution < -0.4 is 5.32 Å². The van der Waals surface area contributed by atoms with Gasteiger partial charge in [-0.05, 0) is 18.6 Å². The highest BCUT2D eigenvalue weighted by Crippen LogP contribution is 2.34. The van der Waals surface area contributed by atoms with Gasteiger partial charge in [0.15, 0.2) is 11.6 Å². The molecule has 3 rings (SSSR count). The molecule has 112 valence electrons. The number of aryl methyl sites for hydroxylation is 1. The molecule has 2 aromatic carbocycles. The Bertz CT molecular complexity index is 907. The van der Waals surface area contributed by atoms with Crippen LogP contribution in [0.3, 0.4) is 0 Å². The van der Waals surface area contributed by atoms with Gasteiger partial charge in [-0.2, -0.15) is 5.26 Å². The summed E-state index contributed by atoms with van der Waals surface area (Å²) in [4.78, 5) is 37.2. The number of nitrogens with zero attached hydrogens (tertiary/aromatic N) is 1. The Morgan fingerprint density at radius 2 is 1.70 bits per heavy atom. The van der Waals surface area contributed by atoms with Crippen LogP contribution >= 0.6 is 0 Å². The topological polar surface area (TPSA) is 87.0 Å². The first-order valence-electron chi connectivity index (χ1n) is 7.03. The van der Waals surface area contributed by atoms with Crippen LogP contribution in [-0.4, -0.2) is 17.5 Å². The zero-order valence-electron chi connectivity index (χ0n) is 12.3. The van der Waals surface area contributed by atoms with Gasteiger partial charge in [0.25, 0.3) is 0 Å². The number of benzene rings is 2. The summed E-state index contributed by atoms with van der Waals surface area (Å²) in [6.45, 7) is 1.74. The van der Waals surface area contributed by atoms with E-state index < -0.39 is 5.91 Å². The van der Waals surface area contributed by atoms with E-state index >= 15 is 0 Å². The maximum atomic E-state index is 12.8. The number of amides is 1. The predicted octanol–water partition coefficient (Wildman–Crippen LogP) is 2.62. The predicted molar refractivity (Wildman–Crippen MR) is 83.3 cm³/mol. The molecular weight excluding hydrogens is 292 g/mol. The second kappa shape index (κ2) is 5.50. The van der Waals surface area contributed by atoms with E-state index in [1.54, 1.807) is 49.4 Å². The number of nitrogens with one attached hydrogen (secondary N) is 1. The van der Waals surface area contributed by atoms with Gasteiger partial charge in [-0.25, -0.2) is 0 Å². The SMILES string of the molecule is Cc1ccc2c(c1NC(=O)CC#N)C(=O)c1ccccc1C2=O. The summed E-state index contributed by atoms with van der Waals surface area (Å²) in [5.74, 6) is -1.06. The van der Waals surface area contributed by atoms with Crippen LogP contribution in [0.4, 0.5) is 5.69 Å². The van der Waals surface area contributed by atoms with Crippen LogP contribution in [0.2, 0.25) is 0 Å². The number of carbonyl (C=O) groups is 3. The number of carbonyl (C=O) groups excluding carboxylic acids is 3. The van der Waals surface area contributed by atoms with Crippen LogP contribution in [-0.2, 0) is 4.79 Å². The standard InChI is InChI=1S/C18H12N2O3/c1-10-6-7-13-15(16(10)20-14(21)8-9-19)18(23)12-5-3-2-4-11(12)17(13)22/h2-7H,8H2,1H3,(H,20,21). The number of anilines is 1. The normalized spacial score (nSPS) is 12.2. The zero-order valence-corrected chi connectivity index (χ0v) is 12.3. The zero-order chi connectivity index (χ0) is 16.6. The molecule has 5 nitrogen and oxygen atoms in total. The number of nitriles is 1. The lowest BCUT2D eigenvalue weighted by molar-refractivity contribution is -0.115. The minimum Gasteiger partial charge on any atom is -0.324 e. The maximum Gasteiger partial charge on any atom is 0.238 e. The van der Waals surface area contributed by atoms with Crippen LogP contribution in [0.15, 0.2) is 36.4 Å². The summed E-state index contributed by atoms with van der Waals surface area (Å²) >= 11 is 0. The fourth-order valence-corrected chi connectivity index (χ4v) is 2.71. The second-order valence-electron chi connectivity index (χ2n) is 5.27. The summed E-state index contributed by atoms with van der Waals surface area (Å²) in [5.41, 5.74) is 2.12. The number of ketones is 2. The lowest BCUT2D eigenvalue weighted by Crippen LogP contribution is -2.24. The second-order valence-corrected chi connectivity index (χ2v) is 5.27. The Hall–Kier alpha value is -3.26. The van der Waals surface area contributed by atoms with Crippen LogP contribution in [0.1, 0.15) is 43.8 Å². The molecule has 0 unspecified atom stereocenters. The average molecular weight is 304 g/mol. The summed E-state index contributed by atoms with van der Waals surface area (Å²) < 4.78 is 0. The van der Waals surface area contributed by atoms with E-state index in [1.165, 1.54) is 0 Å². The number of rotatable bonds is 2. The molecule has 1 aliphatic rings. The Labute approximate surface area is 132 Å². The van der Waals surface area contributed by atoms with E-state index in [1.807, 2.05) is 0 Å². The summed E-state index contributed by atoms with van der Waals surface area (Å²) in [6, 6.07) is 11.7. The Morgan fingerprint density at radius 3 is 2.35 bits per heavy atom. The molecule has 0 aromatic heterocycles. The van der Waals surface area contributed by atoms with Crippen molar-refractivity contribution in [1.29, 1.82) is 5.26 Å². The molecule has 5 heteroatoms. The first kappa shape index (κ1) is 14.7. The van der Waals surface area contributed by atoms with E-state index in [4.69, 9.17) is 5.26 Å². The van der Waals surface area contributed by atoms with Gasteiger partial charge in [-0.1, -0.05) is 30.3 Å². The monoisotopic (exact) mass is 304 g/mol. The summed E-state index contributed by atoms with van der Waals surface area (Å²) in [6.07, 6.45) is -0.318. The number of hydrogen-bond acceptors (Lipinski definition) is 4. The first-order valence-corrected chi connectivity index (χ1v) is 7.03. The minimum atomic E-state index is -0.511. The highest BCUT2D eigenvalue weighted by molar-refractivity contribution is 6.30. The molecule has 0 spiro atoms. The van der Waals surface area contributed by atoms with E-state index in [-0.39, 0.29) is 29.1 Å². The Morgan fingerprint density at radius 1 is 1.04 bits per heavy atom. The molecule has 0 aliphatic heterocycles. The van der Waals surface area contributed by atoms with E-state index in [0.29, 0.717) is 22.4 Å². The van der Waals surface area contributed by atoms with Gasteiger partial charge >= 0.3 is 0 Å². The molecule has 0 radical (unpaired) electrons. The Balaban J connectivity index is 2.19. The number of hydrogen-bond donors (Lipinski definition) is 1. The third-order valence-corrected chi connectivity index (χ3v) is 3.81. The molecule has 1 N–H and O–H groups in total. The van der Waals surface area contributed by atoms with E-state index in [9.17, 15) is 14.4 Å². The summed E-state index contributed by atoms with van der Waals surface area (Å²) in [7, 11) is 0. The van der Waals surface area contributed by atoms with Gasteiger partial charge in [0, 0.05) is 16.7 Å². The first-order chi connectivity index (χ1) is 11.0. The van der Waals surface area contributed by atoms with Gasteiger partial charge in [0.2, 0.25) is 5.91 Å². The molecule has 1 amide bonds. The third kappa shape index (κ3) is 2.30. The molecule has 0 bridgehead atoms. The third-order valence-electron chi connectivity index (χ3n) is 3.81. The van der Waals surface area contributed by atoms with Crippen LogP contribution in [0.25, 0.3) is 0 Å². The van der Waals surface area contributed by atoms with Crippen molar-refractivity contribution in [1.82, 2.24) is 0 Å². The van der Waals surface area contributed by atoms with Gasteiger partial charge in [0.1, 0.15) is 6.42 Å². The van der Waals surface area contributed by atoms with Crippen molar-refractivity contribution < 1.29 is 14.4 Å².